The number of hydrogen-bond donors (Lipinski definition) is 1. The third-order valence-electron chi connectivity index (χ3n) is 4.42. The molecule has 2 aromatic rings. The molecule has 1 atom stereocenters. The van der Waals surface area contributed by atoms with E-state index in [2.05, 4.69) is 42.5 Å². The summed E-state index contributed by atoms with van der Waals surface area (Å²) in [6.07, 6.45) is 2.20. The van der Waals surface area contributed by atoms with Crippen LogP contribution in [0.5, 0.6) is 5.75 Å². The van der Waals surface area contributed by atoms with Crippen LogP contribution in [-0.4, -0.2) is 23.4 Å². The molecule has 0 fully saturated rings. The smallest absolute Gasteiger partial charge is 0.127 e. The molecule has 0 saturated carbocycles. The summed E-state index contributed by atoms with van der Waals surface area (Å²) in [5.74, 6) is 1.06. The van der Waals surface area contributed by atoms with Gasteiger partial charge in [-0.3, -0.25) is 4.68 Å². The molecule has 0 aliphatic carbocycles. The molecule has 112 valence electrons. The summed E-state index contributed by atoms with van der Waals surface area (Å²) in [5.41, 5.74) is 6.05. The predicted octanol–water partition coefficient (Wildman–Crippen LogP) is 2.67. The van der Waals surface area contributed by atoms with Crippen molar-refractivity contribution < 1.29 is 4.74 Å². The van der Waals surface area contributed by atoms with Gasteiger partial charge in [0, 0.05) is 23.9 Å². The third-order valence-corrected chi connectivity index (χ3v) is 4.42. The first kappa shape index (κ1) is 14.1. The summed E-state index contributed by atoms with van der Waals surface area (Å²) >= 11 is 0. The second-order valence-electron chi connectivity index (χ2n) is 5.72. The fourth-order valence-electron chi connectivity index (χ4n) is 3.30. The average Bonchev–Trinajstić information content (AvgIpc) is 2.75. The molecule has 0 saturated heterocycles. The molecule has 1 aromatic carbocycles. The lowest BCUT2D eigenvalue weighted by Gasteiger charge is -2.25. The summed E-state index contributed by atoms with van der Waals surface area (Å²) in [6, 6.07) is 6.59. The quantitative estimate of drug-likeness (QED) is 0.942. The van der Waals surface area contributed by atoms with E-state index in [4.69, 9.17) is 4.74 Å². The molecular formula is C17H23N3O. The van der Waals surface area contributed by atoms with Gasteiger partial charge in [0.15, 0.2) is 0 Å². The molecule has 0 amide bonds. The number of rotatable bonds is 3. The lowest BCUT2D eigenvalue weighted by atomic mass is 9.92. The highest BCUT2D eigenvalue weighted by Crippen LogP contribution is 2.37. The van der Waals surface area contributed by atoms with Gasteiger partial charge in [0.1, 0.15) is 5.75 Å². The minimum Gasteiger partial charge on any atom is -0.493 e. The Morgan fingerprint density at radius 2 is 2.14 bits per heavy atom. The topological polar surface area (TPSA) is 39.1 Å². The molecule has 4 nitrogen and oxygen atoms in total. The Hall–Kier alpha value is -1.81. The molecule has 1 unspecified atom stereocenters. The van der Waals surface area contributed by atoms with Crippen LogP contribution < -0.4 is 10.1 Å². The normalized spacial score (nSPS) is 15.4. The van der Waals surface area contributed by atoms with Crippen LogP contribution >= 0.6 is 0 Å². The SMILES string of the molecule is CNC(c1cccc2c1OCCC2)c1c(C)nn(C)c1C. The molecule has 0 bridgehead atoms. The van der Waals surface area contributed by atoms with Crippen LogP contribution in [0.3, 0.4) is 0 Å². The number of nitrogens with zero attached hydrogens (tertiary/aromatic N) is 2. The van der Waals surface area contributed by atoms with E-state index in [1.165, 1.54) is 22.4 Å². The molecule has 0 radical (unpaired) electrons. The van der Waals surface area contributed by atoms with Gasteiger partial charge >= 0.3 is 0 Å². The minimum atomic E-state index is 0.117. The molecular weight excluding hydrogens is 262 g/mol. The zero-order valence-corrected chi connectivity index (χ0v) is 13.2. The first-order valence-corrected chi connectivity index (χ1v) is 7.55. The van der Waals surface area contributed by atoms with E-state index in [1.54, 1.807) is 0 Å². The second-order valence-corrected chi connectivity index (χ2v) is 5.72. The molecule has 0 spiro atoms. The van der Waals surface area contributed by atoms with Crippen molar-refractivity contribution in [3.63, 3.8) is 0 Å². The Balaban J connectivity index is 2.13. The van der Waals surface area contributed by atoms with Crippen molar-refractivity contribution in [2.45, 2.75) is 32.7 Å². The molecule has 1 aliphatic heterocycles. The van der Waals surface area contributed by atoms with Gasteiger partial charge in [-0.2, -0.15) is 5.10 Å². The monoisotopic (exact) mass is 285 g/mol. The van der Waals surface area contributed by atoms with Crippen molar-refractivity contribution >= 4 is 0 Å². The highest BCUT2D eigenvalue weighted by atomic mass is 16.5. The second kappa shape index (κ2) is 5.53. The van der Waals surface area contributed by atoms with E-state index in [-0.39, 0.29) is 6.04 Å². The number of ether oxygens (including phenoxy) is 1. The zero-order chi connectivity index (χ0) is 15.0. The van der Waals surface area contributed by atoms with Gasteiger partial charge in [0.25, 0.3) is 0 Å². The Bertz CT molecular complexity index is 660. The van der Waals surface area contributed by atoms with E-state index in [1.807, 2.05) is 18.8 Å². The first-order chi connectivity index (χ1) is 10.1. The maximum Gasteiger partial charge on any atom is 0.127 e. The van der Waals surface area contributed by atoms with Gasteiger partial charge in [0.2, 0.25) is 0 Å². The number of fused-ring (bicyclic) bond motifs is 1. The highest BCUT2D eigenvalue weighted by Gasteiger charge is 2.25. The highest BCUT2D eigenvalue weighted by molar-refractivity contribution is 5.49. The molecule has 1 aromatic heterocycles. The van der Waals surface area contributed by atoms with Crippen molar-refractivity contribution in [2.24, 2.45) is 7.05 Å². The Morgan fingerprint density at radius 1 is 1.33 bits per heavy atom. The Morgan fingerprint density at radius 3 is 2.81 bits per heavy atom. The van der Waals surface area contributed by atoms with Crippen molar-refractivity contribution in [1.82, 2.24) is 15.1 Å². The van der Waals surface area contributed by atoms with E-state index >= 15 is 0 Å². The van der Waals surface area contributed by atoms with E-state index < -0.39 is 0 Å². The van der Waals surface area contributed by atoms with Gasteiger partial charge in [0.05, 0.1) is 18.3 Å². The first-order valence-electron chi connectivity index (χ1n) is 7.55. The summed E-state index contributed by atoms with van der Waals surface area (Å²) < 4.78 is 7.93. The lowest BCUT2D eigenvalue weighted by molar-refractivity contribution is 0.283. The number of benzene rings is 1. The van der Waals surface area contributed by atoms with Crippen LogP contribution in [-0.2, 0) is 13.5 Å². The van der Waals surface area contributed by atoms with Crippen LogP contribution in [0.15, 0.2) is 18.2 Å². The van der Waals surface area contributed by atoms with Crippen molar-refractivity contribution in [3.05, 3.63) is 46.3 Å². The summed E-state index contributed by atoms with van der Waals surface area (Å²) in [7, 11) is 3.99. The molecule has 1 N–H and O–H groups in total. The maximum atomic E-state index is 5.98. The van der Waals surface area contributed by atoms with Gasteiger partial charge in [-0.1, -0.05) is 18.2 Å². The van der Waals surface area contributed by atoms with Gasteiger partial charge < -0.3 is 10.1 Å². The maximum absolute atomic E-state index is 5.98. The summed E-state index contributed by atoms with van der Waals surface area (Å²) in [6.45, 7) is 5.00. The van der Waals surface area contributed by atoms with Crippen molar-refractivity contribution in [3.8, 4) is 5.75 Å². The standard InChI is InChI=1S/C17H23N3O/c1-11-15(12(2)20(4)19-11)16(18-3)14-9-5-7-13-8-6-10-21-17(13)14/h5,7,9,16,18H,6,8,10H2,1-4H3. The number of aryl methyl sites for hydroxylation is 3. The van der Waals surface area contributed by atoms with Gasteiger partial charge in [-0.05, 0) is 39.3 Å². The third kappa shape index (κ3) is 2.33. The zero-order valence-electron chi connectivity index (χ0n) is 13.2. The van der Waals surface area contributed by atoms with E-state index in [0.29, 0.717) is 0 Å². The Labute approximate surface area is 126 Å². The van der Waals surface area contributed by atoms with E-state index in [0.717, 1.165) is 30.9 Å². The van der Waals surface area contributed by atoms with Crippen LogP contribution in [0.25, 0.3) is 0 Å². The fraction of sp³-hybridized carbons (Fsp3) is 0.471. The lowest BCUT2D eigenvalue weighted by Crippen LogP contribution is -2.22. The van der Waals surface area contributed by atoms with Crippen molar-refractivity contribution in [1.29, 1.82) is 0 Å². The molecule has 4 heteroatoms. The average molecular weight is 285 g/mol. The largest absolute Gasteiger partial charge is 0.493 e. The number of nitrogens with one attached hydrogen (secondary N) is 1. The van der Waals surface area contributed by atoms with Crippen LogP contribution in [0.4, 0.5) is 0 Å². The van der Waals surface area contributed by atoms with Crippen LogP contribution in [0.2, 0.25) is 0 Å². The van der Waals surface area contributed by atoms with Gasteiger partial charge in [-0.25, -0.2) is 0 Å². The van der Waals surface area contributed by atoms with Crippen molar-refractivity contribution in [2.75, 3.05) is 13.7 Å². The molecule has 1 aliphatic rings. The van der Waals surface area contributed by atoms with E-state index in [9.17, 15) is 0 Å². The molecule has 2 heterocycles. The summed E-state index contributed by atoms with van der Waals surface area (Å²) in [5, 5.41) is 8.00. The number of aromatic nitrogens is 2. The van der Waals surface area contributed by atoms with Crippen LogP contribution in [0.1, 0.15) is 40.5 Å². The molecule has 3 rings (SSSR count). The number of hydrogen-bond acceptors (Lipinski definition) is 3. The Kier molecular flexibility index (Phi) is 3.72. The minimum absolute atomic E-state index is 0.117. The molecule has 21 heavy (non-hydrogen) atoms. The predicted molar refractivity (Wildman–Crippen MR) is 83.8 cm³/mol. The van der Waals surface area contributed by atoms with Crippen LogP contribution in [0, 0.1) is 13.8 Å². The summed E-state index contributed by atoms with van der Waals surface area (Å²) in [4.78, 5) is 0. The van der Waals surface area contributed by atoms with Gasteiger partial charge in [-0.15, -0.1) is 0 Å². The fourth-order valence-corrected chi connectivity index (χ4v) is 3.30. The number of para-hydroxylation sites is 1.